The van der Waals surface area contributed by atoms with Gasteiger partial charge in [-0.3, -0.25) is 14.7 Å². The van der Waals surface area contributed by atoms with Crippen molar-refractivity contribution in [2.75, 3.05) is 51.3 Å². The smallest absolute Gasteiger partial charge is 0.260 e. The molecule has 1 amide bonds. The summed E-state index contributed by atoms with van der Waals surface area (Å²) in [4.78, 5) is 27.1. The second-order valence-corrected chi connectivity index (χ2v) is 8.98. The van der Waals surface area contributed by atoms with Crippen LogP contribution in [0.3, 0.4) is 0 Å². The summed E-state index contributed by atoms with van der Waals surface area (Å²) in [5.41, 5.74) is 0.270. The molecule has 0 bridgehead atoms. The van der Waals surface area contributed by atoms with Crippen LogP contribution in [0.25, 0.3) is 0 Å². The SMILES string of the molecule is CN(CC1(O)CCCN(c2cnccn2)C1)C(=O)COc1ccc(CN2CCCC2)cc1. The van der Waals surface area contributed by atoms with Crippen LogP contribution >= 0.6 is 0 Å². The van der Waals surface area contributed by atoms with Gasteiger partial charge in [-0.15, -0.1) is 0 Å². The molecule has 2 saturated heterocycles. The maximum Gasteiger partial charge on any atom is 0.260 e. The topological polar surface area (TPSA) is 82.0 Å². The second-order valence-electron chi connectivity index (χ2n) is 8.98. The number of anilines is 1. The molecule has 1 unspecified atom stereocenters. The first-order chi connectivity index (χ1) is 15.5. The van der Waals surface area contributed by atoms with Gasteiger partial charge in [0.1, 0.15) is 11.6 Å². The number of piperidine rings is 1. The largest absolute Gasteiger partial charge is 0.484 e. The van der Waals surface area contributed by atoms with Crippen molar-refractivity contribution < 1.29 is 14.6 Å². The van der Waals surface area contributed by atoms with Gasteiger partial charge in [-0.25, -0.2) is 4.98 Å². The Bertz CT molecular complexity index is 873. The Kier molecular flexibility index (Phi) is 7.22. The lowest BCUT2D eigenvalue weighted by Gasteiger charge is -2.41. The molecule has 0 aliphatic carbocycles. The highest BCUT2D eigenvalue weighted by Crippen LogP contribution is 2.25. The van der Waals surface area contributed by atoms with Crippen LogP contribution in [0.5, 0.6) is 5.75 Å². The number of likely N-dealkylation sites (tertiary alicyclic amines) is 1. The molecular weight excluding hydrogens is 406 g/mol. The van der Waals surface area contributed by atoms with Crippen LogP contribution in [0.4, 0.5) is 5.82 Å². The quantitative estimate of drug-likeness (QED) is 0.673. The third kappa shape index (κ3) is 5.95. The molecule has 2 aromatic rings. The number of nitrogens with zero attached hydrogens (tertiary/aromatic N) is 5. The van der Waals surface area contributed by atoms with Gasteiger partial charge in [0.05, 0.1) is 18.3 Å². The number of carbonyl (C=O) groups is 1. The van der Waals surface area contributed by atoms with Crippen molar-refractivity contribution >= 4 is 11.7 Å². The van der Waals surface area contributed by atoms with E-state index in [1.165, 1.54) is 31.5 Å². The number of amides is 1. The van der Waals surface area contributed by atoms with E-state index in [2.05, 4.69) is 27.0 Å². The van der Waals surface area contributed by atoms with Crippen LogP contribution in [0, 0.1) is 0 Å². The van der Waals surface area contributed by atoms with Crippen molar-refractivity contribution in [3.63, 3.8) is 0 Å². The van der Waals surface area contributed by atoms with Crippen molar-refractivity contribution in [2.45, 2.75) is 37.8 Å². The minimum absolute atomic E-state index is 0.0497. The van der Waals surface area contributed by atoms with Gasteiger partial charge in [-0.2, -0.15) is 0 Å². The van der Waals surface area contributed by atoms with Gasteiger partial charge in [0.25, 0.3) is 5.91 Å². The molecule has 2 aliphatic heterocycles. The van der Waals surface area contributed by atoms with Gasteiger partial charge in [0.2, 0.25) is 0 Å². The molecule has 0 saturated carbocycles. The Morgan fingerprint density at radius 3 is 2.66 bits per heavy atom. The molecule has 8 nitrogen and oxygen atoms in total. The molecule has 172 valence electrons. The summed E-state index contributed by atoms with van der Waals surface area (Å²) in [7, 11) is 1.71. The van der Waals surface area contributed by atoms with Crippen LogP contribution in [-0.2, 0) is 11.3 Å². The molecule has 2 aliphatic rings. The number of benzene rings is 1. The van der Waals surface area contributed by atoms with E-state index in [-0.39, 0.29) is 19.1 Å². The molecule has 1 atom stereocenters. The minimum atomic E-state index is -0.989. The van der Waals surface area contributed by atoms with Crippen molar-refractivity contribution in [3.05, 3.63) is 48.4 Å². The molecule has 1 aromatic carbocycles. The Morgan fingerprint density at radius 2 is 1.94 bits per heavy atom. The molecule has 2 fully saturated rings. The van der Waals surface area contributed by atoms with Crippen molar-refractivity contribution in [1.82, 2.24) is 19.8 Å². The lowest BCUT2D eigenvalue weighted by atomic mass is 9.92. The standard InChI is InChI=1S/C24H33N5O3/c1-27(18-24(31)9-4-14-29(19-24)22-15-25-10-11-26-22)23(30)17-32-21-7-5-20(6-8-21)16-28-12-2-3-13-28/h5-8,10-11,15,31H,2-4,9,12-14,16-19H2,1H3. The number of aromatic nitrogens is 2. The number of aliphatic hydroxyl groups is 1. The van der Waals surface area contributed by atoms with E-state index in [1.54, 1.807) is 30.5 Å². The molecular formula is C24H33N5O3. The highest BCUT2D eigenvalue weighted by Gasteiger charge is 2.36. The number of β-amino-alcohol motifs (C(OH)–C–C–N with tert-alkyl or cyclic N) is 1. The molecule has 1 aromatic heterocycles. The monoisotopic (exact) mass is 439 g/mol. The van der Waals surface area contributed by atoms with E-state index in [0.29, 0.717) is 18.7 Å². The number of hydrogen-bond donors (Lipinski definition) is 1. The first-order valence-corrected chi connectivity index (χ1v) is 11.4. The number of carbonyl (C=O) groups excluding carboxylic acids is 1. The Balaban J connectivity index is 1.25. The average Bonchev–Trinajstić information content (AvgIpc) is 3.32. The summed E-state index contributed by atoms with van der Waals surface area (Å²) in [6.07, 6.45) is 9.01. The highest BCUT2D eigenvalue weighted by molar-refractivity contribution is 5.77. The highest BCUT2D eigenvalue weighted by atomic mass is 16.5. The fourth-order valence-electron chi connectivity index (χ4n) is 4.57. The summed E-state index contributed by atoms with van der Waals surface area (Å²) < 4.78 is 5.71. The predicted molar refractivity (Wildman–Crippen MR) is 123 cm³/mol. The lowest BCUT2D eigenvalue weighted by Crippen LogP contribution is -2.55. The molecule has 0 radical (unpaired) electrons. The zero-order chi connectivity index (χ0) is 22.4. The first-order valence-electron chi connectivity index (χ1n) is 11.4. The third-order valence-electron chi connectivity index (χ3n) is 6.28. The van der Waals surface area contributed by atoms with Crippen LogP contribution in [0.2, 0.25) is 0 Å². The fourth-order valence-corrected chi connectivity index (χ4v) is 4.57. The van der Waals surface area contributed by atoms with E-state index >= 15 is 0 Å². The second kappa shape index (κ2) is 10.3. The van der Waals surface area contributed by atoms with E-state index in [1.807, 2.05) is 17.0 Å². The van der Waals surface area contributed by atoms with Gasteiger partial charge in [-0.05, 0) is 56.5 Å². The number of ether oxygens (including phenoxy) is 1. The van der Waals surface area contributed by atoms with E-state index < -0.39 is 5.60 Å². The van der Waals surface area contributed by atoms with E-state index in [4.69, 9.17) is 4.74 Å². The van der Waals surface area contributed by atoms with Crippen LogP contribution in [-0.4, -0.2) is 82.8 Å². The molecule has 8 heteroatoms. The number of likely N-dealkylation sites (N-methyl/N-ethyl adjacent to an activating group) is 1. The normalized spacial score (nSPS) is 21.5. The Labute approximate surface area is 189 Å². The zero-order valence-corrected chi connectivity index (χ0v) is 18.8. The lowest BCUT2D eigenvalue weighted by molar-refractivity contribution is -0.135. The fraction of sp³-hybridized carbons (Fsp3) is 0.542. The van der Waals surface area contributed by atoms with Crippen molar-refractivity contribution in [2.24, 2.45) is 0 Å². The average molecular weight is 440 g/mol. The molecule has 3 heterocycles. The van der Waals surface area contributed by atoms with Gasteiger partial charge in [-0.1, -0.05) is 12.1 Å². The summed E-state index contributed by atoms with van der Waals surface area (Å²) in [6.45, 7) is 4.74. The molecule has 1 N–H and O–H groups in total. The summed E-state index contributed by atoms with van der Waals surface area (Å²) in [6, 6.07) is 7.97. The van der Waals surface area contributed by atoms with Crippen LogP contribution < -0.4 is 9.64 Å². The van der Waals surface area contributed by atoms with E-state index in [0.717, 1.165) is 25.3 Å². The number of rotatable bonds is 8. The first kappa shape index (κ1) is 22.5. The Morgan fingerprint density at radius 1 is 1.16 bits per heavy atom. The predicted octanol–water partition coefficient (Wildman–Crippen LogP) is 1.94. The van der Waals surface area contributed by atoms with Crippen molar-refractivity contribution in [1.29, 1.82) is 0 Å². The minimum Gasteiger partial charge on any atom is -0.484 e. The van der Waals surface area contributed by atoms with Gasteiger partial charge in [0.15, 0.2) is 6.61 Å². The molecule has 4 rings (SSSR count). The maximum absolute atomic E-state index is 12.6. The molecule has 32 heavy (non-hydrogen) atoms. The summed E-state index contributed by atoms with van der Waals surface area (Å²) in [5, 5.41) is 11.1. The van der Waals surface area contributed by atoms with Crippen molar-refractivity contribution in [3.8, 4) is 5.75 Å². The summed E-state index contributed by atoms with van der Waals surface area (Å²) >= 11 is 0. The van der Waals surface area contributed by atoms with E-state index in [9.17, 15) is 9.90 Å². The van der Waals surface area contributed by atoms with Gasteiger partial charge < -0.3 is 19.6 Å². The van der Waals surface area contributed by atoms with Gasteiger partial charge >= 0.3 is 0 Å². The maximum atomic E-state index is 12.6. The third-order valence-corrected chi connectivity index (χ3v) is 6.28. The summed E-state index contributed by atoms with van der Waals surface area (Å²) in [5.74, 6) is 1.27. The number of hydrogen-bond acceptors (Lipinski definition) is 7. The Hall–Kier alpha value is -2.71. The van der Waals surface area contributed by atoms with Gasteiger partial charge in [0, 0.05) is 39.1 Å². The van der Waals surface area contributed by atoms with Crippen LogP contribution in [0.1, 0.15) is 31.2 Å². The molecule has 0 spiro atoms. The van der Waals surface area contributed by atoms with Crippen LogP contribution in [0.15, 0.2) is 42.9 Å². The zero-order valence-electron chi connectivity index (χ0n) is 18.8.